The van der Waals surface area contributed by atoms with E-state index in [1.807, 2.05) is 24.3 Å². The Morgan fingerprint density at radius 2 is 2.06 bits per heavy atom. The van der Waals surface area contributed by atoms with Crippen molar-refractivity contribution >= 4 is 5.91 Å². The van der Waals surface area contributed by atoms with Gasteiger partial charge in [0.2, 0.25) is 5.91 Å². The van der Waals surface area contributed by atoms with E-state index in [1.165, 1.54) is 11.1 Å². The molecule has 0 atom stereocenters. The topological polar surface area (TPSA) is 42.2 Å². The summed E-state index contributed by atoms with van der Waals surface area (Å²) in [5.74, 6) is 0.828. The molecule has 1 aromatic heterocycles. The Hall–Kier alpha value is -2.03. The lowest BCUT2D eigenvalue weighted by Gasteiger charge is -2.06. The molecule has 0 saturated carbocycles. The number of amides is 1. The van der Waals surface area contributed by atoms with Crippen molar-refractivity contribution in [2.45, 2.75) is 26.3 Å². The number of nitrogens with one attached hydrogen (secondary N) is 1. The summed E-state index contributed by atoms with van der Waals surface area (Å²) in [6.45, 7) is 2.52. The molecule has 0 fully saturated rings. The van der Waals surface area contributed by atoms with Gasteiger partial charge in [0.1, 0.15) is 5.76 Å². The fraction of sp³-hybridized carbons (Fsp3) is 0.267. The molecular weight excluding hydrogens is 226 g/mol. The van der Waals surface area contributed by atoms with E-state index in [0.717, 1.165) is 12.2 Å². The molecule has 3 nitrogen and oxygen atoms in total. The van der Waals surface area contributed by atoms with Crippen molar-refractivity contribution in [2.75, 3.05) is 0 Å². The minimum Gasteiger partial charge on any atom is -0.467 e. The lowest BCUT2D eigenvalue weighted by Crippen LogP contribution is -2.22. The number of rotatable bonds is 5. The molecule has 1 N–H and O–H groups in total. The van der Waals surface area contributed by atoms with Crippen molar-refractivity contribution in [3.8, 4) is 0 Å². The molecule has 1 amide bonds. The van der Waals surface area contributed by atoms with Gasteiger partial charge in [0, 0.05) is 6.42 Å². The molecule has 2 rings (SSSR count). The molecule has 0 aliphatic carbocycles. The molecule has 0 bridgehead atoms. The fourth-order valence-electron chi connectivity index (χ4n) is 1.83. The second-order valence-electron chi connectivity index (χ2n) is 4.28. The van der Waals surface area contributed by atoms with Gasteiger partial charge >= 0.3 is 0 Å². The van der Waals surface area contributed by atoms with E-state index in [9.17, 15) is 4.79 Å². The zero-order valence-corrected chi connectivity index (χ0v) is 10.5. The summed E-state index contributed by atoms with van der Waals surface area (Å²) < 4.78 is 5.15. The van der Waals surface area contributed by atoms with Gasteiger partial charge in [-0.05, 0) is 36.6 Å². The molecule has 0 spiro atoms. The van der Waals surface area contributed by atoms with Gasteiger partial charge in [-0.2, -0.15) is 0 Å². The first-order chi connectivity index (χ1) is 8.75. The largest absolute Gasteiger partial charge is 0.467 e. The number of aryl methyl sites for hydroxylation is 2. The van der Waals surface area contributed by atoms with Gasteiger partial charge in [-0.3, -0.25) is 4.79 Å². The number of benzene rings is 1. The molecule has 0 saturated heterocycles. The van der Waals surface area contributed by atoms with Crippen molar-refractivity contribution in [1.82, 2.24) is 5.32 Å². The summed E-state index contributed by atoms with van der Waals surface area (Å²) in [7, 11) is 0. The Morgan fingerprint density at radius 3 is 2.78 bits per heavy atom. The molecule has 0 aliphatic heterocycles. The molecule has 0 aliphatic rings. The van der Waals surface area contributed by atoms with Gasteiger partial charge in [0.05, 0.1) is 12.8 Å². The maximum atomic E-state index is 11.7. The normalized spacial score (nSPS) is 10.3. The van der Waals surface area contributed by atoms with E-state index in [0.29, 0.717) is 13.0 Å². The number of hydrogen-bond donors (Lipinski definition) is 1. The molecule has 3 heteroatoms. The lowest BCUT2D eigenvalue weighted by atomic mass is 10.0. The summed E-state index contributed by atoms with van der Waals surface area (Å²) in [5, 5.41) is 2.84. The summed E-state index contributed by atoms with van der Waals surface area (Å²) >= 11 is 0. The molecule has 1 aromatic carbocycles. The third-order valence-electron chi connectivity index (χ3n) is 2.92. The fourth-order valence-corrected chi connectivity index (χ4v) is 1.83. The van der Waals surface area contributed by atoms with Gasteiger partial charge in [0.25, 0.3) is 0 Å². The third kappa shape index (κ3) is 3.48. The summed E-state index contributed by atoms with van der Waals surface area (Å²) in [5.41, 5.74) is 2.46. The summed E-state index contributed by atoms with van der Waals surface area (Å²) in [4.78, 5) is 11.7. The Kier molecular flexibility index (Phi) is 4.18. The predicted molar refractivity (Wildman–Crippen MR) is 70.1 cm³/mol. The Balaban J connectivity index is 1.77. The third-order valence-corrected chi connectivity index (χ3v) is 2.92. The standard InChI is InChI=1S/C15H17NO2/c1-12-5-2-3-6-13(12)8-9-15(17)16-11-14-7-4-10-18-14/h2-7,10H,8-9,11H2,1H3,(H,16,17). The van der Waals surface area contributed by atoms with Crippen LogP contribution in [0.1, 0.15) is 23.3 Å². The van der Waals surface area contributed by atoms with Crippen LogP contribution in [0.15, 0.2) is 47.1 Å². The number of carbonyl (C=O) groups is 1. The van der Waals surface area contributed by atoms with Crippen LogP contribution in [-0.4, -0.2) is 5.91 Å². The molecule has 0 unspecified atom stereocenters. The summed E-state index contributed by atoms with van der Waals surface area (Å²) in [6, 6.07) is 11.8. The maximum Gasteiger partial charge on any atom is 0.220 e. The first-order valence-corrected chi connectivity index (χ1v) is 6.09. The average molecular weight is 243 g/mol. The molecule has 0 radical (unpaired) electrons. The van der Waals surface area contributed by atoms with Crippen LogP contribution in [-0.2, 0) is 17.8 Å². The lowest BCUT2D eigenvalue weighted by molar-refractivity contribution is -0.121. The van der Waals surface area contributed by atoms with E-state index in [1.54, 1.807) is 6.26 Å². The number of carbonyl (C=O) groups excluding carboxylic acids is 1. The highest BCUT2D eigenvalue weighted by Gasteiger charge is 2.04. The predicted octanol–water partition coefficient (Wildman–Crippen LogP) is 2.84. The van der Waals surface area contributed by atoms with Crippen LogP contribution < -0.4 is 5.32 Å². The number of furan rings is 1. The summed E-state index contributed by atoms with van der Waals surface area (Å²) in [6.07, 6.45) is 2.89. The van der Waals surface area contributed by atoms with E-state index in [4.69, 9.17) is 4.42 Å². The van der Waals surface area contributed by atoms with Crippen molar-refractivity contribution in [2.24, 2.45) is 0 Å². The average Bonchev–Trinajstić information content (AvgIpc) is 2.88. The molecular formula is C15H17NO2. The van der Waals surface area contributed by atoms with Gasteiger partial charge in [0.15, 0.2) is 0 Å². The van der Waals surface area contributed by atoms with Crippen molar-refractivity contribution in [3.63, 3.8) is 0 Å². The minimum absolute atomic E-state index is 0.0506. The molecule has 1 heterocycles. The van der Waals surface area contributed by atoms with Crippen LogP contribution >= 0.6 is 0 Å². The first-order valence-electron chi connectivity index (χ1n) is 6.09. The van der Waals surface area contributed by atoms with Crippen LogP contribution in [0.25, 0.3) is 0 Å². The van der Waals surface area contributed by atoms with Crippen LogP contribution in [0.3, 0.4) is 0 Å². The Morgan fingerprint density at radius 1 is 1.22 bits per heavy atom. The Labute approximate surface area is 107 Å². The molecule has 18 heavy (non-hydrogen) atoms. The first kappa shape index (κ1) is 12.4. The maximum absolute atomic E-state index is 11.7. The van der Waals surface area contributed by atoms with E-state index in [2.05, 4.69) is 24.4 Å². The second kappa shape index (κ2) is 6.05. The Bertz CT molecular complexity index is 503. The smallest absolute Gasteiger partial charge is 0.220 e. The monoisotopic (exact) mass is 243 g/mol. The number of hydrogen-bond acceptors (Lipinski definition) is 2. The molecule has 94 valence electrons. The zero-order valence-electron chi connectivity index (χ0n) is 10.5. The SMILES string of the molecule is Cc1ccccc1CCC(=O)NCc1ccco1. The minimum atomic E-state index is 0.0506. The van der Waals surface area contributed by atoms with Crippen molar-refractivity contribution in [3.05, 3.63) is 59.5 Å². The van der Waals surface area contributed by atoms with Gasteiger partial charge < -0.3 is 9.73 Å². The second-order valence-corrected chi connectivity index (χ2v) is 4.28. The van der Waals surface area contributed by atoms with Crippen LogP contribution in [0.2, 0.25) is 0 Å². The van der Waals surface area contributed by atoms with Crippen molar-refractivity contribution < 1.29 is 9.21 Å². The van der Waals surface area contributed by atoms with Gasteiger partial charge in [-0.15, -0.1) is 0 Å². The highest BCUT2D eigenvalue weighted by molar-refractivity contribution is 5.76. The van der Waals surface area contributed by atoms with Crippen LogP contribution in [0, 0.1) is 6.92 Å². The van der Waals surface area contributed by atoms with E-state index in [-0.39, 0.29) is 5.91 Å². The van der Waals surface area contributed by atoms with Crippen LogP contribution in [0.4, 0.5) is 0 Å². The highest BCUT2D eigenvalue weighted by Crippen LogP contribution is 2.09. The van der Waals surface area contributed by atoms with Gasteiger partial charge in [-0.1, -0.05) is 24.3 Å². The van der Waals surface area contributed by atoms with Crippen LogP contribution in [0.5, 0.6) is 0 Å². The highest BCUT2D eigenvalue weighted by atomic mass is 16.3. The quantitative estimate of drug-likeness (QED) is 0.877. The van der Waals surface area contributed by atoms with E-state index >= 15 is 0 Å². The zero-order chi connectivity index (χ0) is 12.8. The van der Waals surface area contributed by atoms with Gasteiger partial charge in [-0.25, -0.2) is 0 Å². The molecule has 2 aromatic rings. The van der Waals surface area contributed by atoms with Crippen molar-refractivity contribution in [1.29, 1.82) is 0 Å². The van der Waals surface area contributed by atoms with E-state index < -0.39 is 0 Å².